The summed E-state index contributed by atoms with van der Waals surface area (Å²) < 4.78 is 0. The fourth-order valence-electron chi connectivity index (χ4n) is 10.6. The maximum Gasteiger partial charge on any atom is -0.000719 e. The lowest BCUT2D eigenvalue weighted by atomic mass is 9.84. The summed E-state index contributed by atoms with van der Waals surface area (Å²) in [5.41, 5.74) is 11.4. The van der Waals surface area contributed by atoms with E-state index in [1.54, 1.807) is 0 Å². The second-order valence-corrected chi connectivity index (χ2v) is 16.4. The van der Waals surface area contributed by atoms with Crippen molar-refractivity contribution in [2.24, 2.45) is 0 Å². The molecule has 0 saturated heterocycles. The van der Waals surface area contributed by atoms with E-state index in [1.165, 1.54) is 136 Å². The molecule has 0 N–H and O–H groups in total. The van der Waals surface area contributed by atoms with Crippen LogP contribution >= 0.6 is 0 Å². The van der Waals surface area contributed by atoms with Crippen LogP contribution in [0, 0.1) is 6.92 Å². The zero-order chi connectivity index (χ0) is 38.8. The Bertz CT molecular complexity index is 3800. The van der Waals surface area contributed by atoms with E-state index in [-0.39, 0.29) is 0 Å². The minimum absolute atomic E-state index is 1.24. The van der Waals surface area contributed by atoms with Crippen LogP contribution < -0.4 is 0 Å². The molecule has 0 spiro atoms. The molecule has 0 fully saturated rings. The highest BCUT2D eigenvalue weighted by Crippen LogP contribution is 2.55. The minimum Gasteiger partial charge on any atom is -0.0622 e. The van der Waals surface area contributed by atoms with Crippen molar-refractivity contribution >= 4 is 86.2 Å². The molecule has 13 aromatic rings. The molecule has 0 unspecified atom stereocenters. The second-order valence-electron chi connectivity index (χ2n) is 16.4. The van der Waals surface area contributed by atoms with Crippen molar-refractivity contribution in [3.05, 3.63) is 206 Å². The number of benzene rings is 11. The molecule has 0 atom stereocenters. The summed E-state index contributed by atoms with van der Waals surface area (Å²) in [5, 5.41) is 21.0. The summed E-state index contributed by atoms with van der Waals surface area (Å²) in [6.07, 6.45) is 0. The fourth-order valence-corrected chi connectivity index (χ4v) is 10.6. The summed E-state index contributed by atoms with van der Waals surface area (Å²) in [5.74, 6) is 0. The Morgan fingerprint density at radius 1 is 0.237 bits per heavy atom. The number of hydrogen-bond acceptors (Lipinski definition) is 0. The standard InChI is InChI=1S/C59H36/c1-35-22-24-36(25-23-35)39-26-27-41-33-42(29-28-40(41)32-39)43-30-31-50-55-46(43)18-10-21-49(55)58-53(37-12-4-2-5-13-37)52-34-51-45-17-9-8-16-44(45)47-19-11-20-48(56(47)51)57(52)54(59(50)58)38-14-6-3-7-15-38/h2-34H,1H3. The third-order valence-electron chi connectivity index (χ3n) is 13.2. The van der Waals surface area contributed by atoms with Gasteiger partial charge in [-0.1, -0.05) is 188 Å². The molecule has 0 aromatic heterocycles. The Kier molecular flexibility index (Phi) is 6.74. The average Bonchev–Trinajstić information content (AvgIpc) is 3.80. The molecule has 0 aliphatic carbocycles. The zero-order valence-corrected chi connectivity index (χ0v) is 32.6. The molecule has 0 heterocycles. The predicted molar refractivity (Wildman–Crippen MR) is 255 cm³/mol. The van der Waals surface area contributed by atoms with E-state index in [9.17, 15) is 0 Å². The van der Waals surface area contributed by atoms with E-state index in [0.29, 0.717) is 0 Å². The molecule has 59 heavy (non-hydrogen) atoms. The molecule has 13 aromatic carbocycles. The van der Waals surface area contributed by atoms with Crippen LogP contribution in [0.15, 0.2) is 200 Å². The van der Waals surface area contributed by atoms with E-state index in [4.69, 9.17) is 0 Å². The number of rotatable bonds is 4. The number of aryl methyl sites for hydroxylation is 1. The van der Waals surface area contributed by atoms with Gasteiger partial charge in [0.1, 0.15) is 0 Å². The highest BCUT2D eigenvalue weighted by Gasteiger charge is 2.27. The van der Waals surface area contributed by atoms with Gasteiger partial charge in [0.2, 0.25) is 0 Å². The minimum atomic E-state index is 1.24. The highest BCUT2D eigenvalue weighted by atomic mass is 14.3. The predicted octanol–water partition coefficient (Wildman–Crippen LogP) is 16.8. The van der Waals surface area contributed by atoms with Gasteiger partial charge in [0.15, 0.2) is 0 Å². The molecular weight excluding hydrogens is 709 g/mol. The lowest BCUT2D eigenvalue weighted by Gasteiger charge is -2.19. The first-order valence-electron chi connectivity index (χ1n) is 20.7. The normalized spacial score (nSPS) is 12.2. The zero-order valence-electron chi connectivity index (χ0n) is 32.6. The number of fused-ring (bicyclic) bond motifs is 9. The third kappa shape index (κ3) is 4.60. The quantitative estimate of drug-likeness (QED) is 0.157. The van der Waals surface area contributed by atoms with Crippen LogP contribution in [0.25, 0.3) is 131 Å². The molecule has 0 bridgehead atoms. The third-order valence-corrected chi connectivity index (χ3v) is 13.2. The van der Waals surface area contributed by atoms with E-state index in [0.717, 1.165) is 0 Å². The molecular formula is C59H36. The van der Waals surface area contributed by atoms with Crippen LogP contribution in [0.1, 0.15) is 5.56 Å². The molecule has 0 nitrogen and oxygen atoms in total. The van der Waals surface area contributed by atoms with Gasteiger partial charge in [0.05, 0.1) is 0 Å². The lowest BCUT2D eigenvalue weighted by molar-refractivity contribution is 1.47. The van der Waals surface area contributed by atoms with Gasteiger partial charge < -0.3 is 0 Å². The van der Waals surface area contributed by atoms with E-state index in [1.807, 2.05) is 0 Å². The maximum absolute atomic E-state index is 2.52. The van der Waals surface area contributed by atoms with E-state index >= 15 is 0 Å². The van der Waals surface area contributed by atoms with Crippen molar-refractivity contribution in [2.45, 2.75) is 6.92 Å². The summed E-state index contributed by atoms with van der Waals surface area (Å²) >= 11 is 0. The van der Waals surface area contributed by atoms with Gasteiger partial charge in [-0.15, -0.1) is 0 Å². The molecule has 0 heteroatoms. The molecule has 0 amide bonds. The Balaban J connectivity index is 1.16. The van der Waals surface area contributed by atoms with Crippen LogP contribution in [0.4, 0.5) is 0 Å². The van der Waals surface area contributed by atoms with Gasteiger partial charge >= 0.3 is 0 Å². The molecule has 0 aliphatic rings. The molecule has 0 radical (unpaired) electrons. The van der Waals surface area contributed by atoms with Crippen molar-refractivity contribution in [2.75, 3.05) is 0 Å². The average molecular weight is 745 g/mol. The van der Waals surface area contributed by atoms with Crippen LogP contribution in [0.2, 0.25) is 0 Å². The van der Waals surface area contributed by atoms with Crippen molar-refractivity contribution in [1.82, 2.24) is 0 Å². The van der Waals surface area contributed by atoms with Crippen LogP contribution in [-0.2, 0) is 0 Å². The van der Waals surface area contributed by atoms with Crippen molar-refractivity contribution in [3.8, 4) is 44.5 Å². The Labute approximate surface area is 341 Å². The molecule has 0 aliphatic heterocycles. The van der Waals surface area contributed by atoms with E-state index < -0.39 is 0 Å². The lowest BCUT2D eigenvalue weighted by Crippen LogP contribution is -1.91. The smallest absolute Gasteiger partial charge is 0.000719 e. The summed E-state index contributed by atoms with van der Waals surface area (Å²) in [6.45, 7) is 2.14. The Morgan fingerprint density at radius 2 is 0.746 bits per heavy atom. The maximum atomic E-state index is 2.52. The first-order chi connectivity index (χ1) is 29.2. The van der Waals surface area contributed by atoms with Crippen LogP contribution in [0.3, 0.4) is 0 Å². The fraction of sp³-hybridized carbons (Fsp3) is 0.0169. The largest absolute Gasteiger partial charge is 0.0622 e. The summed E-state index contributed by atoms with van der Waals surface area (Å²) in [6, 6.07) is 75.2. The van der Waals surface area contributed by atoms with Crippen molar-refractivity contribution in [1.29, 1.82) is 0 Å². The van der Waals surface area contributed by atoms with Gasteiger partial charge in [0, 0.05) is 0 Å². The van der Waals surface area contributed by atoms with Crippen LogP contribution in [0.5, 0.6) is 0 Å². The van der Waals surface area contributed by atoms with Gasteiger partial charge in [-0.25, -0.2) is 0 Å². The van der Waals surface area contributed by atoms with Gasteiger partial charge in [-0.05, 0) is 156 Å². The monoisotopic (exact) mass is 744 g/mol. The molecule has 0 saturated carbocycles. The first-order valence-corrected chi connectivity index (χ1v) is 20.7. The van der Waals surface area contributed by atoms with E-state index in [2.05, 4.69) is 207 Å². The number of hydrogen-bond donors (Lipinski definition) is 0. The SMILES string of the molecule is Cc1ccc(-c2ccc3cc(-c4ccc5c6c(-c7ccccc7)c7c(cc8c9ccccc9c9cccc7c98)c(-c7ccccc7)c6c6cccc4c65)ccc3c2)cc1. The molecule has 272 valence electrons. The highest BCUT2D eigenvalue weighted by molar-refractivity contribution is 6.45. The molecule has 13 rings (SSSR count). The van der Waals surface area contributed by atoms with Gasteiger partial charge in [-0.3, -0.25) is 0 Å². The Hall–Kier alpha value is -7.54. The second kappa shape index (κ2) is 12.2. The summed E-state index contributed by atoms with van der Waals surface area (Å²) in [7, 11) is 0. The van der Waals surface area contributed by atoms with Crippen LogP contribution in [-0.4, -0.2) is 0 Å². The first kappa shape index (κ1) is 32.5. The van der Waals surface area contributed by atoms with Crippen molar-refractivity contribution < 1.29 is 0 Å². The summed E-state index contributed by atoms with van der Waals surface area (Å²) in [4.78, 5) is 0. The van der Waals surface area contributed by atoms with Gasteiger partial charge in [0.25, 0.3) is 0 Å². The topological polar surface area (TPSA) is 0 Å². The van der Waals surface area contributed by atoms with Gasteiger partial charge in [-0.2, -0.15) is 0 Å². The Morgan fingerprint density at radius 3 is 1.47 bits per heavy atom. The van der Waals surface area contributed by atoms with Crippen molar-refractivity contribution in [3.63, 3.8) is 0 Å².